The second-order valence-electron chi connectivity index (χ2n) is 4.58. The molecular weight excluding hydrogens is 250 g/mol. The van der Waals surface area contributed by atoms with Crippen molar-refractivity contribution < 1.29 is 4.74 Å². The Morgan fingerprint density at radius 3 is 2.75 bits per heavy atom. The summed E-state index contributed by atoms with van der Waals surface area (Å²) in [5.74, 6) is 1.20. The zero-order valence-electron chi connectivity index (χ0n) is 11.2. The number of nitrogens with two attached hydrogens (primary N) is 1. The van der Waals surface area contributed by atoms with Crippen LogP contribution in [-0.2, 0) is 6.54 Å². The molecule has 20 heavy (non-hydrogen) atoms. The first-order valence-corrected chi connectivity index (χ1v) is 6.45. The number of aryl methyl sites for hydroxylation is 1. The molecule has 3 aromatic rings. The fourth-order valence-electron chi connectivity index (χ4n) is 2.08. The predicted octanol–water partition coefficient (Wildman–Crippen LogP) is 3.19. The Kier molecular flexibility index (Phi) is 3.31. The van der Waals surface area contributed by atoms with Gasteiger partial charge in [-0.1, -0.05) is 18.2 Å². The van der Waals surface area contributed by atoms with E-state index in [2.05, 4.69) is 9.97 Å². The first-order valence-electron chi connectivity index (χ1n) is 6.45. The summed E-state index contributed by atoms with van der Waals surface area (Å²) in [6.45, 7) is 2.39. The number of fused-ring (bicyclic) bond motifs is 1. The highest BCUT2D eigenvalue weighted by atomic mass is 16.5. The van der Waals surface area contributed by atoms with Crippen LogP contribution in [0.25, 0.3) is 10.9 Å². The van der Waals surface area contributed by atoms with Gasteiger partial charge >= 0.3 is 0 Å². The molecule has 0 fully saturated rings. The van der Waals surface area contributed by atoms with E-state index in [1.807, 2.05) is 49.4 Å². The van der Waals surface area contributed by atoms with Gasteiger partial charge in [0.2, 0.25) is 5.88 Å². The molecule has 0 saturated carbocycles. The van der Waals surface area contributed by atoms with Crippen LogP contribution in [0.3, 0.4) is 0 Å². The summed E-state index contributed by atoms with van der Waals surface area (Å²) in [6.07, 6.45) is 1.69. The molecule has 0 aliphatic carbocycles. The Hall–Kier alpha value is -2.46. The van der Waals surface area contributed by atoms with Crippen LogP contribution in [0.4, 0.5) is 0 Å². The van der Waals surface area contributed by atoms with Gasteiger partial charge in [0.25, 0.3) is 0 Å². The maximum Gasteiger partial charge on any atom is 0.220 e. The Morgan fingerprint density at radius 1 is 1.15 bits per heavy atom. The van der Waals surface area contributed by atoms with Gasteiger partial charge in [0, 0.05) is 23.7 Å². The van der Waals surface area contributed by atoms with Gasteiger partial charge < -0.3 is 10.5 Å². The smallest absolute Gasteiger partial charge is 0.220 e. The van der Waals surface area contributed by atoms with Gasteiger partial charge in [-0.2, -0.15) is 0 Å². The number of para-hydroxylation sites is 1. The van der Waals surface area contributed by atoms with Crippen LogP contribution in [0.5, 0.6) is 11.6 Å². The number of hydrogen-bond donors (Lipinski definition) is 1. The van der Waals surface area contributed by atoms with Gasteiger partial charge in [-0.15, -0.1) is 0 Å². The third-order valence-corrected chi connectivity index (χ3v) is 3.10. The van der Waals surface area contributed by atoms with Gasteiger partial charge in [0.05, 0.1) is 11.7 Å². The Labute approximate surface area is 117 Å². The molecule has 100 valence electrons. The van der Waals surface area contributed by atoms with Gasteiger partial charge in [0.1, 0.15) is 5.75 Å². The van der Waals surface area contributed by atoms with E-state index < -0.39 is 0 Å². The lowest BCUT2D eigenvalue weighted by Gasteiger charge is -2.09. The van der Waals surface area contributed by atoms with Gasteiger partial charge in [-0.3, -0.25) is 4.98 Å². The number of nitrogens with zero attached hydrogens (tertiary/aromatic N) is 2. The van der Waals surface area contributed by atoms with Crippen LogP contribution in [0.1, 0.15) is 11.3 Å². The molecule has 2 heterocycles. The van der Waals surface area contributed by atoms with E-state index in [-0.39, 0.29) is 0 Å². The molecule has 0 amide bonds. The van der Waals surface area contributed by atoms with E-state index in [1.54, 1.807) is 6.20 Å². The molecular formula is C16H15N3O. The highest BCUT2D eigenvalue weighted by Crippen LogP contribution is 2.25. The molecule has 0 saturated heterocycles. The minimum absolute atomic E-state index is 0.450. The van der Waals surface area contributed by atoms with Crippen LogP contribution in [-0.4, -0.2) is 9.97 Å². The number of rotatable bonds is 3. The third-order valence-electron chi connectivity index (χ3n) is 3.10. The molecule has 4 heteroatoms. The second kappa shape index (κ2) is 5.27. The number of hydrogen-bond acceptors (Lipinski definition) is 4. The summed E-state index contributed by atoms with van der Waals surface area (Å²) in [7, 11) is 0. The number of benzene rings is 1. The molecule has 4 nitrogen and oxygen atoms in total. The Morgan fingerprint density at radius 2 is 2.00 bits per heavy atom. The van der Waals surface area contributed by atoms with Crippen molar-refractivity contribution in [2.24, 2.45) is 5.73 Å². The van der Waals surface area contributed by atoms with Gasteiger partial charge in [0.15, 0.2) is 0 Å². The summed E-state index contributed by atoms with van der Waals surface area (Å²) in [5.41, 5.74) is 8.65. The summed E-state index contributed by atoms with van der Waals surface area (Å²) in [6, 6.07) is 13.6. The quantitative estimate of drug-likeness (QED) is 0.790. The van der Waals surface area contributed by atoms with Crippen LogP contribution >= 0.6 is 0 Å². The van der Waals surface area contributed by atoms with Crippen LogP contribution in [0.15, 0.2) is 48.7 Å². The van der Waals surface area contributed by atoms with E-state index in [1.165, 1.54) is 0 Å². The lowest BCUT2D eigenvalue weighted by molar-refractivity contribution is 0.462. The predicted molar refractivity (Wildman–Crippen MR) is 78.7 cm³/mol. The van der Waals surface area contributed by atoms with Crippen LogP contribution in [0.2, 0.25) is 0 Å². The topological polar surface area (TPSA) is 61.0 Å². The fraction of sp³-hybridized carbons (Fsp3) is 0.125. The SMILES string of the molecule is Cc1ccc(Oc2cc(CN)c3ccccc3n2)cn1. The number of aromatic nitrogens is 2. The molecule has 0 bridgehead atoms. The molecule has 0 aliphatic heterocycles. The van der Waals surface area contributed by atoms with Crippen molar-refractivity contribution in [3.8, 4) is 11.6 Å². The van der Waals surface area contributed by atoms with E-state index in [4.69, 9.17) is 10.5 Å². The first kappa shape index (κ1) is 12.6. The van der Waals surface area contributed by atoms with Gasteiger partial charge in [-0.25, -0.2) is 4.98 Å². The standard InChI is InChI=1S/C16H15N3O/c1-11-6-7-13(10-18-11)20-16-8-12(9-17)14-4-2-3-5-15(14)19-16/h2-8,10H,9,17H2,1H3. The monoisotopic (exact) mass is 265 g/mol. The van der Waals surface area contributed by atoms with Crippen molar-refractivity contribution in [3.05, 3.63) is 59.9 Å². The number of pyridine rings is 2. The molecule has 0 aliphatic rings. The van der Waals surface area contributed by atoms with Crippen molar-refractivity contribution >= 4 is 10.9 Å². The summed E-state index contributed by atoms with van der Waals surface area (Å²) in [4.78, 5) is 8.70. The number of ether oxygens (including phenoxy) is 1. The minimum atomic E-state index is 0.450. The zero-order chi connectivity index (χ0) is 13.9. The minimum Gasteiger partial charge on any atom is -0.437 e. The summed E-state index contributed by atoms with van der Waals surface area (Å²) < 4.78 is 5.75. The molecule has 3 rings (SSSR count). The van der Waals surface area contributed by atoms with E-state index in [9.17, 15) is 0 Å². The average Bonchev–Trinajstić information content (AvgIpc) is 2.49. The van der Waals surface area contributed by atoms with Crippen molar-refractivity contribution in [3.63, 3.8) is 0 Å². The van der Waals surface area contributed by atoms with Crippen LogP contribution < -0.4 is 10.5 Å². The molecule has 0 unspecified atom stereocenters. The molecule has 0 spiro atoms. The molecule has 0 atom stereocenters. The summed E-state index contributed by atoms with van der Waals surface area (Å²) in [5, 5.41) is 1.06. The molecule has 2 N–H and O–H groups in total. The van der Waals surface area contributed by atoms with Crippen LogP contribution in [0, 0.1) is 6.92 Å². The maximum atomic E-state index is 5.80. The molecule has 0 radical (unpaired) electrons. The average molecular weight is 265 g/mol. The van der Waals surface area contributed by atoms with E-state index in [0.717, 1.165) is 22.2 Å². The molecule has 1 aromatic carbocycles. The largest absolute Gasteiger partial charge is 0.437 e. The normalized spacial score (nSPS) is 10.7. The molecule has 2 aromatic heterocycles. The van der Waals surface area contributed by atoms with E-state index in [0.29, 0.717) is 18.2 Å². The lowest BCUT2D eigenvalue weighted by atomic mass is 10.1. The fourth-order valence-corrected chi connectivity index (χ4v) is 2.08. The van der Waals surface area contributed by atoms with Crippen molar-refractivity contribution in [1.29, 1.82) is 0 Å². The zero-order valence-corrected chi connectivity index (χ0v) is 11.2. The van der Waals surface area contributed by atoms with Crippen molar-refractivity contribution in [1.82, 2.24) is 9.97 Å². The van der Waals surface area contributed by atoms with Gasteiger partial charge in [-0.05, 0) is 30.7 Å². The van der Waals surface area contributed by atoms with E-state index >= 15 is 0 Å². The summed E-state index contributed by atoms with van der Waals surface area (Å²) >= 11 is 0. The highest BCUT2D eigenvalue weighted by Gasteiger charge is 2.06. The first-order chi connectivity index (χ1) is 9.76. The second-order valence-corrected chi connectivity index (χ2v) is 4.58. The third kappa shape index (κ3) is 2.46. The maximum absolute atomic E-state index is 5.80. The van der Waals surface area contributed by atoms with Crippen molar-refractivity contribution in [2.45, 2.75) is 13.5 Å². The lowest BCUT2D eigenvalue weighted by Crippen LogP contribution is -2.00. The Bertz CT molecular complexity index is 738. The highest BCUT2D eigenvalue weighted by molar-refractivity contribution is 5.82. The van der Waals surface area contributed by atoms with Crippen molar-refractivity contribution in [2.75, 3.05) is 0 Å². The Balaban J connectivity index is 2.01.